The van der Waals surface area contributed by atoms with Crippen LogP contribution in [-0.4, -0.2) is 21.8 Å². The average molecular weight is 460 g/mol. The molecule has 5 nitrogen and oxygen atoms in total. The van der Waals surface area contributed by atoms with Crippen LogP contribution in [-0.2, 0) is 0 Å². The van der Waals surface area contributed by atoms with Crippen molar-refractivity contribution in [2.24, 2.45) is 5.10 Å². The first-order valence-electron chi connectivity index (χ1n) is 10.3. The zero-order valence-electron chi connectivity index (χ0n) is 16.9. The van der Waals surface area contributed by atoms with Crippen LogP contribution in [0.2, 0.25) is 5.02 Å². The second kappa shape index (κ2) is 7.43. The molecule has 3 heterocycles. The Morgan fingerprint density at radius 2 is 1.81 bits per heavy atom. The Labute approximate surface area is 194 Å². The number of nitrogens with zero attached hydrogens (tertiary/aromatic N) is 2. The Morgan fingerprint density at radius 3 is 2.66 bits per heavy atom. The van der Waals surface area contributed by atoms with Crippen LogP contribution in [0.25, 0.3) is 6.08 Å². The number of hydrogen-bond acceptors (Lipinski definition) is 5. The van der Waals surface area contributed by atoms with E-state index in [2.05, 4.69) is 23.5 Å². The van der Waals surface area contributed by atoms with Crippen molar-refractivity contribution < 1.29 is 9.53 Å². The number of carbonyl (C=O) groups is 1. The van der Waals surface area contributed by atoms with Crippen LogP contribution in [0.5, 0.6) is 5.75 Å². The minimum absolute atomic E-state index is 0.0659. The molecule has 2 atom stereocenters. The molecule has 1 spiro atoms. The number of ether oxygens (including phenoxy) is 1. The summed E-state index contributed by atoms with van der Waals surface area (Å²) in [6, 6.07) is 25.5. The average Bonchev–Trinajstić information content (AvgIpc) is 3.39. The summed E-state index contributed by atoms with van der Waals surface area (Å²) in [7, 11) is 0. The van der Waals surface area contributed by atoms with E-state index in [0.29, 0.717) is 16.3 Å². The van der Waals surface area contributed by atoms with Crippen LogP contribution < -0.4 is 10.1 Å². The molecule has 3 aromatic carbocycles. The van der Waals surface area contributed by atoms with Crippen LogP contribution in [0.15, 0.2) is 88.9 Å². The van der Waals surface area contributed by atoms with Gasteiger partial charge in [0, 0.05) is 17.0 Å². The van der Waals surface area contributed by atoms with Crippen LogP contribution in [0.4, 0.5) is 4.79 Å². The van der Waals surface area contributed by atoms with Gasteiger partial charge in [-0.05, 0) is 41.1 Å². The highest BCUT2D eigenvalue weighted by molar-refractivity contribution is 8.17. The van der Waals surface area contributed by atoms with Crippen molar-refractivity contribution in [2.75, 3.05) is 0 Å². The standard InChI is InChI=1S/C25H18ClN3O2S/c26-19-12-6-4-10-17(19)14-23-25(27-24(30)32-23)29-21(18-11-5-7-13-22(18)31-25)15-20(28-29)16-8-2-1-3-9-16/h1-14,21H,15H2,(H,27,30). The van der Waals surface area contributed by atoms with Gasteiger partial charge in [0.15, 0.2) is 0 Å². The highest BCUT2D eigenvalue weighted by Crippen LogP contribution is 2.52. The third kappa shape index (κ3) is 3.02. The van der Waals surface area contributed by atoms with E-state index in [-0.39, 0.29) is 11.3 Å². The van der Waals surface area contributed by atoms with Crippen molar-refractivity contribution in [2.45, 2.75) is 18.3 Å². The molecule has 1 amide bonds. The molecule has 1 N–H and O–H groups in total. The van der Waals surface area contributed by atoms with Crippen LogP contribution in [0, 0.1) is 0 Å². The number of hydrogen-bond donors (Lipinski definition) is 1. The molecule has 2 unspecified atom stereocenters. The Hall–Kier alpha value is -3.22. The summed E-state index contributed by atoms with van der Waals surface area (Å²) < 4.78 is 6.53. The lowest BCUT2D eigenvalue weighted by Crippen LogP contribution is -2.61. The summed E-state index contributed by atoms with van der Waals surface area (Å²) >= 11 is 7.53. The van der Waals surface area contributed by atoms with Gasteiger partial charge in [-0.15, -0.1) is 0 Å². The van der Waals surface area contributed by atoms with Gasteiger partial charge in [-0.25, -0.2) is 5.01 Å². The predicted octanol–water partition coefficient (Wildman–Crippen LogP) is 6.03. The second-order valence-corrected chi connectivity index (χ2v) is 9.23. The van der Waals surface area contributed by atoms with Gasteiger partial charge in [-0.3, -0.25) is 10.1 Å². The fourth-order valence-electron chi connectivity index (χ4n) is 4.40. The molecule has 0 bridgehead atoms. The topological polar surface area (TPSA) is 53.9 Å². The zero-order chi connectivity index (χ0) is 21.7. The minimum atomic E-state index is -1.23. The van der Waals surface area contributed by atoms with Gasteiger partial charge in [0.1, 0.15) is 5.75 Å². The number of halogens is 1. The molecular weight excluding hydrogens is 442 g/mol. The van der Waals surface area contributed by atoms with E-state index in [1.54, 1.807) is 0 Å². The lowest BCUT2D eigenvalue weighted by molar-refractivity contribution is -0.0949. The van der Waals surface area contributed by atoms with E-state index in [1.807, 2.05) is 71.7 Å². The zero-order valence-corrected chi connectivity index (χ0v) is 18.4. The predicted molar refractivity (Wildman–Crippen MR) is 128 cm³/mol. The molecular formula is C25H18ClN3O2S. The molecule has 3 aliphatic rings. The smallest absolute Gasteiger partial charge is 0.314 e. The molecule has 0 saturated carbocycles. The number of amides is 1. The normalized spacial score (nSPS) is 24.7. The Bertz CT molecular complexity index is 1290. The van der Waals surface area contributed by atoms with E-state index in [0.717, 1.165) is 39.9 Å². The third-order valence-corrected chi connectivity index (χ3v) is 7.12. The quantitative estimate of drug-likeness (QED) is 0.508. The first kappa shape index (κ1) is 19.5. The van der Waals surface area contributed by atoms with E-state index >= 15 is 0 Å². The van der Waals surface area contributed by atoms with E-state index in [1.165, 1.54) is 0 Å². The first-order valence-corrected chi connectivity index (χ1v) is 11.5. The summed E-state index contributed by atoms with van der Waals surface area (Å²) in [5.41, 5.74) is 3.88. The lowest BCUT2D eigenvalue weighted by atomic mass is 9.95. The highest BCUT2D eigenvalue weighted by Gasteiger charge is 2.58. The van der Waals surface area contributed by atoms with Gasteiger partial charge in [-0.1, -0.05) is 78.3 Å². The summed E-state index contributed by atoms with van der Waals surface area (Å²) in [6.45, 7) is 0. The molecule has 3 aliphatic heterocycles. The van der Waals surface area contributed by atoms with Crippen molar-refractivity contribution in [3.8, 4) is 5.75 Å². The number of thioether (sulfide) groups is 1. The molecule has 0 aromatic heterocycles. The summed E-state index contributed by atoms with van der Waals surface area (Å²) in [4.78, 5) is 13.4. The third-order valence-electron chi connectivity index (χ3n) is 5.88. The van der Waals surface area contributed by atoms with Gasteiger partial charge in [0.05, 0.1) is 16.7 Å². The van der Waals surface area contributed by atoms with Gasteiger partial charge < -0.3 is 4.74 Å². The van der Waals surface area contributed by atoms with Crippen LogP contribution in [0.1, 0.15) is 29.2 Å². The second-order valence-electron chi connectivity index (χ2n) is 7.81. The number of carbonyl (C=O) groups excluding carboxylic acids is 1. The molecule has 32 heavy (non-hydrogen) atoms. The molecule has 1 saturated heterocycles. The SMILES string of the molecule is O=C1NC2(Oc3ccccc3C3CC(c4ccccc4)=NN32)C(=Cc2ccccc2Cl)S1. The maximum absolute atomic E-state index is 12.7. The van der Waals surface area contributed by atoms with E-state index in [9.17, 15) is 4.79 Å². The fraction of sp³-hybridized carbons (Fsp3) is 0.120. The molecule has 6 rings (SSSR count). The molecule has 3 aromatic rings. The Balaban J connectivity index is 1.53. The molecule has 0 aliphatic carbocycles. The summed E-state index contributed by atoms with van der Waals surface area (Å²) in [6.07, 6.45) is 2.62. The van der Waals surface area contributed by atoms with Gasteiger partial charge in [-0.2, -0.15) is 5.10 Å². The van der Waals surface area contributed by atoms with Crippen molar-refractivity contribution in [1.82, 2.24) is 10.3 Å². The van der Waals surface area contributed by atoms with Crippen molar-refractivity contribution >= 4 is 40.4 Å². The summed E-state index contributed by atoms with van der Waals surface area (Å²) in [5.74, 6) is -0.484. The van der Waals surface area contributed by atoms with Gasteiger partial charge in [0.25, 0.3) is 5.24 Å². The van der Waals surface area contributed by atoms with E-state index in [4.69, 9.17) is 21.4 Å². The lowest BCUT2D eigenvalue weighted by Gasteiger charge is -2.45. The number of hydrazone groups is 1. The van der Waals surface area contributed by atoms with Crippen molar-refractivity contribution in [3.63, 3.8) is 0 Å². The Morgan fingerprint density at radius 1 is 1.06 bits per heavy atom. The number of para-hydroxylation sites is 1. The van der Waals surface area contributed by atoms with Crippen molar-refractivity contribution in [3.05, 3.63) is 105 Å². The number of rotatable bonds is 2. The van der Waals surface area contributed by atoms with Crippen LogP contribution in [0.3, 0.4) is 0 Å². The largest absolute Gasteiger partial charge is 0.444 e. The molecule has 0 radical (unpaired) electrons. The monoisotopic (exact) mass is 459 g/mol. The Kier molecular flexibility index (Phi) is 4.52. The van der Waals surface area contributed by atoms with Crippen molar-refractivity contribution in [1.29, 1.82) is 0 Å². The van der Waals surface area contributed by atoms with Gasteiger partial charge >= 0.3 is 5.85 Å². The summed E-state index contributed by atoms with van der Waals surface area (Å²) in [5, 5.41) is 10.4. The van der Waals surface area contributed by atoms with Crippen LogP contribution >= 0.6 is 23.4 Å². The van der Waals surface area contributed by atoms with E-state index < -0.39 is 5.85 Å². The first-order chi connectivity index (χ1) is 15.6. The fourth-order valence-corrected chi connectivity index (χ4v) is 5.49. The van der Waals surface area contributed by atoms with Gasteiger partial charge in [0.2, 0.25) is 0 Å². The number of fused-ring (bicyclic) bond motifs is 4. The number of nitrogens with one attached hydrogen (secondary N) is 1. The highest BCUT2D eigenvalue weighted by atomic mass is 35.5. The molecule has 158 valence electrons. The maximum Gasteiger partial charge on any atom is 0.314 e. The molecule has 7 heteroatoms. The molecule has 1 fully saturated rings. The maximum atomic E-state index is 12.7. The number of benzene rings is 3. The minimum Gasteiger partial charge on any atom is -0.444 e.